The molecule has 0 aliphatic carbocycles. The van der Waals surface area contributed by atoms with Gasteiger partial charge in [-0.2, -0.15) is 0 Å². The molecule has 0 fully saturated rings. The summed E-state index contributed by atoms with van der Waals surface area (Å²) in [4.78, 5) is 45.2. The third-order valence-electron chi connectivity index (χ3n) is 6.87. The lowest BCUT2D eigenvalue weighted by Gasteiger charge is -2.15. The van der Waals surface area contributed by atoms with Gasteiger partial charge in [0.1, 0.15) is 17.2 Å². The first-order chi connectivity index (χ1) is 22.8. The minimum absolute atomic E-state index is 0.0557. The van der Waals surface area contributed by atoms with E-state index in [4.69, 9.17) is 9.47 Å². The molecule has 1 aromatic heterocycles. The summed E-state index contributed by atoms with van der Waals surface area (Å²) in [5, 5.41) is 8.72. The number of carbonyl (C=O) groups is 3. The fourth-order valence-electron chi connectivity index (χ4n) is 4.57. The largest absolute Gasteiger partial charge is 0.497 e. The van der Waals surface area contributed by atoms with Crippen molar-refractivity contribution in [3.63, 3.8) is 0 Å². The lowest BCUT2D eigenvalue weighted by atomic mass is 10.1. The average Bonchev–Trinajstić information content (AvgIpc) is 3.49. The van der Waals surface area contributed by atoms with E-state index in [1.807, 2.05) is 50.2 Å². The summed E-state index contributed by atoms with van der Waals surface area (Å²) in [5.74, 6) is 0.289. The third kappa shape index (κ3) is 8.99. The molecular formula is C36H34N4O5S2. The Balaban J connectivity index is 1.29. The van der Waals surface area contributed by atoms with Crippen molar-refractivity contribution in [3.8, 4) is 11.5 Å². The maximum Gasteiger partial charge on any atom is 0.272 e. The van der Waals surface area contributed by atoms with Crippen LogP contribution in [0, 0.1) is 0 Å². The number of hydrogen-bond acceptors (Lipinski definition) is 8. The summed E-state index contributed by atoms with van der Waals surface area (Å²) < 4.78 is 11.8. The average molecular weight is 667 g/mol. The fourth-order valence-corrected chi connectivity index (χ4v) is 6.48. The van der Waals surface area contributed by atoms with Gasteiger partial charge in [-0.05, 0) is 85.6 Å². The summed E-state index contributed by atoms with van der Waals surface area (Å²) in [7, 11) is 1.56. The molecule has 5 aromatic rings. The van der Waals surface area contributed by atoms with Gasteiger partial charge in [0, 0.05) is 16.1 Å². The Morgan fingerprint density at radius 1 is 0.894 bits per heavy atom. The predicted molar refractivity (Wildman–Crippen MR) is 189 cm³/mol. The van der Waals surface area contributed by atoms with Gasteiger partial charge < -0.3 is 25.4 Å². The van der Waals surface area contributed by atoms with E-state index in [9.17, 15) is 14.4 Å². The highest BCUT2D eigenvalue weighted by atomic mass is 32.2. The van der Waals surface area contributed by atoms with Crippen molar-refractivity contribution in [2.45, 2.75) is 30.4 Å². The van der Waals surface area contributed by atoms with Crippen molar-refractivity contribution in [2.75, 3.05) is 24.4 Å². The Bertz CT molecular complexity index is 1910. The second-order valence-electron chi connectivity index (χ2n) is 10.2. The summed E-state index contributed by atoms with van der Waals surface area (Å²) in [6.07, 6.45) is 2.17. The lowest BCUT2D eigenvalue weighted by Crippen LogP contribution is -2.30. The first-order valence-corrected chi connectivity index (χ1v) is 16.7. The molecule has 240 valence electrons. The molecule has 47 heavy (non-hydrogen) atoms. The van der Waals surface area contributed by atoms with E-state index in [0.717, 1.165) is 20.9 Å². The molecule has 5 rings (SSSR count). The van der Waals surface area contributed by atoms with Crippen LogP contribution in [0.4, 0.5) is 10.8 Å². The molecule has 3 amide bonds. The summed E-state index contributed by atoms with van der Waals surface area (Å²) in [5.41, 5.74) is 2.45. The molecule has 1 heterocycles. The Hall–Kier alpha value is -5.13. The van der Waals surface area contributed by atoms with Crippen LogP contribution in [0.1, 0.15) is 36.2 Å². The van der Waals surface area contributed by atoms with Gasteiger partial charge >= 0.3 is 0 Å². The molecule has 0 aliphatic heterocycles. The lowest BCUT2D eigenvalue weighted by molar-refractivity contribution is -0.116. The van der Waals surface area contributed by atoms with Gasteiger partial charge in [0.2, 0.25) is 5.91 Å². The normalized spacial score (nSPS) is 11.9. The van der Waals surface area contributed by atoms with Crippen molar-refractivity contribution in [1.29, 1.82) is 0 Å². The zero-order chi connectivity index (χ0) is 33.2. The summed E-state index contributed by atoms with van der Waals surface area (Å²) >= 11 is 2.79. The van der Waals surface area contributed by atoms with Crippen LogP contribution in [0.3, 0.4) is 0 Å². The molecule has 0 spiro atoms. The first kappa shape index (κ1) is 33.2. The highest BCUT2D eigenvalue weighted by Gasteiger charge is 2.21. The van der Waals surface area contributed by atoms with Crippen molar-refractivity contribution < 1.29 is 23.9 Å². The Morgan fingerprint density at radius 2 is 1.70 bits per heavy atom. The number of rotatable bonds is 13. The van der Waals surface area contributed by atoms with E-state index in [-0.39, 0.29) is 11.6 Å². The van der Waals surface area contributed by atoms with Crippen LogP contribution in [0.5, 0.6) is 11.5 Å². The zero-order valence-corrected chi connectivity index (χ0v) is 27.7. The van der Waals surface area contributed by atoms with Gasteiger partial charge in [-0.25, -0.2) is 4.98 Å². The van der Waals surface area contributed by atoms with Gasteiger partial charge in [-0.15, -0.1) is 11.8 Å². The highest BCUT2D eigenvalue weighted by molar-refractivity contribution is 8.00. The predicted octanol–water partition coefficient (Wildman–Crippen LogP) is 7.62. The number of nitrogens with one attached hydrogen (secondary N) is 3. The molecule has 4 aromatic carbocycles. The molecule has 3 N–H and O–H groups in total. The number of amides is 3. The fraction of sp³-hybridized carbons (Fsp3) is 0.167. The minimum atomic E-state index is -0.507. The van der Waals surface area contributed by atoms with Crippen LogP contribution in [0.25, 0.3) is 16.3 Å². The van der Waals surface area contributed by atoms with Crippen molar-refractivity contribution in [2.24, 2.45) is 0 Å². The molecule has 11 heteroatoms. The van der Waals surface area contributed by atoms with Gasteiger partial charge in [-0.1, -0.05) is 54.7 Å². The Labute approximate surface area is 281 Å². The molecule has 1 unspecified atom stereocenters. The number of thiazole rings is 1. The standard InChI is InChI=1S/C36H34N4O5S2/c1-4-31(35(43)40-36-39-29-18-17-27(45-5-2)22-32(29)47-36)46-28-16-10-14-25(21-28)37-34(42)30(20-23-11-9-15-26(19-23)44-3)38-33(41)24-12-7-6-8-13-24/h6-22,31H,4-5H2,1-3H3,(H,37,42)(H,38,41)(H,39,40,43)/b30-20-. The number of nitrogens with zero attached hydrogens (tertiary/aromatic N) is 1. The topological polar surface area (TPSA) is 119 Å². The molecule has 1 atom stereocenters. The van der Waals surface area contributed by atoms with E-state index >= 15 is 0 Å². The number of hydrogen-bond donors (Lipinski definition) is 3. The number of methoxy groups -OCH3 is 1. The molecule has 0 saturated heterocycles. The molecule has 0 bridgehead atoms. The van der Waals surface area contributed by atoms with E-state index in [0.29, 0.717) is 40.7 Å². The minimum Gasteiger partial charge on any atom is -0.497 e. The van der Waals surface area contributed by atoms with Crippen LogP contribution in [-0.2, 0) is 9.59 Å². The Morgan fingerprint density at radius 3 is 2.47 bits per heavy atom. The van der Waals surface area contributed by atoms with Crippen LogP contribution in [-0.4, -0.2) is 41.7 Å². The van der Waals surface area contributed by atoms with E-state index in [1.165, 1.54) is 23.1 Å². The zero-order valence-electron chi connectivity index (χ0n) is 26.1. The number of fused-ring (bicyclic) bond motifs is 1. The van der Waals surface area contributed by atoms with Crippen molar-refractivity contribution in [1.82, 2.24) is 10.3 Å². The van der Waals surface area contributed by atoms with Crippen LogP contribution < -0.4 is 25.4 Å². The quantitative estimate of drug-likeness (QED) is 0.0874. The first-order valence-electron chi connectivity index (χ1n) is 15.0. The maximum atomic E-state index is 13.6. The van der Waals surface area contributed by atoms with Gasteiger partial charge in [-0.3, -0.25) is 14.4 Å². The van der Waals surface area contributed by atoms with E-state index in [2.05, 4.69) is 20.9 Å². The summed E-state index contributed by atoms with van der Waals surface area (Å²) in [6, 6.07) is 28.7. The van der Waals surface area contributed by atoms with Gasteiger partial charge in [0.25, 0.3) is 11.8 Å². The molecule has 0 aliphatic rings. The van der Waals surface area contributed by atoms with Crippen LogP contribution in [0.15, 0.2) is 108 Å². The number of benzene rings is 4. The summed E-state index contributed by atoms with van der Waals surface area (Å²) in [6.45, 7) is 4.44. The van der Waals surface area contributed by atoms with Crippen molar-refractivity contribution in [3.05, 3.63) is 114 Å². The van der Waals surface area contributed by atoms with Gasteiger partial charge in [0.05, 0.1) is 29.2 Å². The molecule has 9 nitrogen and oxygen atoms in total. The maximum absolute atomic E-state index is 13.6. The molecule has 0 radical (unpaired) electrons. The van der Waals surface area contributed by atoms with Crippen LogP contribution >= 0.6 is 23.1 Å². The number of carbonyl (C=O) groups excluding carboxylic acids is 3. The number of anilines is 2. The van der Waals surface area contributed by atoms with Gasteiger partial charge in [0.15, 0.2) is 5.13 Å². The monoisotopic (exact) mass is 666 g/mol. The number of ether oxygens (including phenoxy) is 2. The van der Waals surface area contributed by atoms with Crippen LogP contribution in [0.2, 0.25) is 0 Å². The SMILES string of the molecule is CCOc1ccc2nc(NC(=O)C(CC)Sc3cccc(NC(=O)/C(=C/c4cccc(OC)c4)NC(=O)c4ccccc4)c3)sc2c1. The third-order valence-corrected chi connectivity index (χ3v) is 9.16. The second kappa shape index (κ2) is 15.9. The van der Waals surface area contributed by atoms with Crippen molar-refractivity contribution >= 4 is 67.9 Å². The molecular weight excluding hydrogens is 633 g/mol. The smallest absolute Gasteiger partial charge is 0.272 e. The number of aromatic nitrogens is 1. The number of thioether (sulfide) groups is 1. The molecule has 0 saturated carbocycles. The van der Waals surface area contributed by atoms with E-state index < -0.39 is 17.1 Å². The highest BCUT2D eigenvalue weighted by Crippen LogP contribution is 2.32. The second-order valence-corrected chi connectivity index (χ2v) is 12.5. The van der Waals surface area contributed by atoms with E-state index in [1.54, 1.807) is 73.8 Å². The Kier molecular flexibility index (Phi) is 11.3.